The van der Waals surface area contributed by atoms with Crippen LogP contribution in [0.4, 0.5) is 10.6 Å². The molecular formula is C20H26N2O6S. The number of pyridine rings is 1. The van der Waals surface area contributed by atoms with Gasteiger partial charge >= 0.3 is 6.09 Å². The molecule has 0 atom stereocenters. The van der Waals surface area contributed by atoms with E-state index in [0.29, 0.717) is 17.1 Å². The molecule has 29 heavy (non-hydrogen) atoms. The molecule has 2 rings (SSSR count). The molecule has 1 aromatic heterocycles. The van der Waals surface area contributed by atoms with Gasteiger partial charge in [-0.25, -0.2) is 9.78 Å². The highest BCUT2D eigenvalue weighted by molar-refractivity contribution is 7.85. The fourth-order valence-corrected chi connectivity index (χ4v) is 2.69. The van der Waals surface area contributed by atoms with Crippen molar-refractivity contribution in [3.8, 4) is 5.75 Å². The Hall–Kier alpha value is -2.65. The van der Waals surface area contributed by atoms with Gasteiger partial charge in [0.1, 0.15) is 17.2 Å². The van der Waals surface area contributed by atoms with E-state index >= 15 is 0 Å². The lowest BCUT2D eigenvalue weighted by molar-refractivity contribution is 0.0576. The number of benzene rings is 1. The lowest BCUT2D eigenvalue weighted by atomic mass is 10.2. The van der Waals surface area contributed by atoms with Gasteiger partial charge in [-0.2, -0.15) is 8.42 Å². The topological polar surface area (TPSA) is 95.0 Å². The Balaban J connectivity index is 2.31. The normalized spacial score (nSPS) is 11.8. The molecule has 0 aliphatic rings. The summed E-state index contributed by atoms with van der Waals surface area (Å²) < 4.78 is 38.0. The number of carbonyl (C=O) groups is 1. The Labute approximate surface area is 171 Å². The molecule has 8 nitrogen and oxygen atoms in total. The van der Waals surface area contributed by atoms with Crippen LogP contribution in [-0.2, 0) is 32.2 Å². The van der Waals surface area contributed by atoms with E-state index in [1.165, 1.54) is 11.1 Å². The third-order valence-corrected chi connectivity index (χ3v) is 4.19. The van der Waals surface area contributed by atoms with Gasteiger partial charge in [0.05, 0.1) is 26.5 Å². The highest BCUT2D eigenvalue weighted by Gasteiger charge is 2.25. The van der Waals surface area contributed by atoms with E-state index in [-0.39, 0.29) is 13.2 Å². The van der Waals surface area contributed by atoms with Crippen LogP contribution in [0.15, 0.2) is 42.6 Å². The van der Waals surface area contributed by atoms with Crippen LogP contribution in [0.3, 0.4) is 0 Å². The van der Waals surface area contributed by atoms with Gasteiger partial charge in [-0.05, 0) is 56.2 Å². The van der Waals surface area contributed by atoms with Crippen LogP contribution >= 0.6 is 0 Å². The van der Waals surface area contributed by atoms with Gasteiger partial charge < -0.3 is 9.47 Å². The Morgan fingerprint density at radius 3 is 2.31 bits per heavy atom. The quantitative estimate of drug-likeness (QED) is 0.630. The van der Waals surface area contributed by atoms with Crippen LogP contribution in [-0.4, -0.2) is 38.5 Å². The zero-order valence-corrected chi connectivity index (χ0v) is 18.0. The third kappa shape index (κ3) is 7.71. The maximum atomic E-state index is 12.8. The van der Waals surface area contributed by atoms with Crippen LogP contribution in [0.2, 0.25) is 0 Å². The van der Waals surface area contributed by atoms with Crippen LogP contribution in [0.25, 0.3) is 0 Å². The first kappa shape index (κ1) is 22.6. The lowest BCUT2D eigenvalue weighted by Gasteiger charge is -2.27. The summed E-state index contributed by atoms with van der Waals surface area (Å²) in [5.74, 6) is 1.03. The molecule has 1 aromatic carbocycles. The summed E-state index contributed by atoms with van der Waals surface area (Å²) in [6, 6.07) is 10.5. The van der Waals surface area contributed by atoms with Crippen LogP contribution < -0.4 is 9.64 Å². The van der Waals surface area contributed by atoms with Crippen molar-refractivity contribution in [3.05, 3.63) is 53.7 Å². The Kier molecular flexibility index (Phi) is 7.21. The Morgan fingerprint density at radius 1 is 1.10 bits per heavy atom. The molecule has 0 aliphatic heterocycles. The van der Waals surface area contributed by atoms with Crippen molar-refractivity contribution in [1.29, 1.82) is 0 Å². The summed E-state index contributed by atoms with van der Waals surface area (Å²) >= 11 is 0. The third-order valence-electron chi connectivity index (χ3n) is 3.64. The number of rotatable bonds is 7. The molecule has 1 amide bonds. The van der Waals surface area contributed by atoms with E-state index < -0.39 is 21.8 Å². The van der Waals surface area contributed by atoms with Gasteiger partial charge in [0.25, 0.3) is 10.1 Å². The molecule has 0 spiro atoms. The lowest BCUT2D eigenvalue weighted by Crippen LogP contribution is -2.37. The number of hydrogen-bond acceptors (Lipinski definition) is 7. The minimum Gasteiger partial charge on any atom is -0.497 e. The van der Waals surface area contributed by atoms with Gasteiger partial charge in [0, 0.05) is 6.20 Å². The number of methoxy groups -OCH3 is 1. The number of hydrogen-bond donors (Lipinski definition) is 0. The van der Waals surface area contributed by atoms with E-state index in [2.05, 4.69) is 4.98 Å². The van der Waals surface area contributed by atoms with Crippen molar-refractivity contribution in [3.63, 3.8) is 0 Å². The molecule has 1 heterocycles. The molecule has 158 valence electrons. The first-order valence-corrected chi connectivity index (χ1v) is 10.7. The number of anilines is 1. The number of nitrogens with zero attached hydrogens (tertiary/aromatic N) is 2. The predicted molar refractivity (Wildman–Crippen MR) is 109 cm³/mol. The molecule has 9 heteroatoms. The Bertz CT molecular complexity index is 936. The van der Waals surface area contributed by atoms with Crippen molar-refractivity contribution < 1.29 is 26.9 Å². The monoisotopic (exact) mass is 422 g/mol. The van der Waals surface area contributed by atoms with Crippen molar-refractivity contribution >= 4 is 22.0 Å². The second-order valence-electron chi connectivity index (χ2n) is 7.40. The van der Waals surface area contributed by atoms with Crippen molar-refractivity contribution in [2.45, 2.75) is 39.5 Å². The SMILES string of the molecule is COc1ccc(CN(C(=O)OC(C)(C)C)c2cc(COS(C)(=O)=O)ccn2)cc1. The molecular weight excluding hydrogens is 396 g/mol. The van der Waals surface area contributed by atoms with Crippen LogP contribution in [0.5, 0.6) is 5.75 Å². The minimum atomic E-state index is -3.59. The fraction of sp³-hybridized carbons (Fsp3) is 0.400. The standard InChI is InChI=1S/C20H26N2O6S/c1-20(2,3)28-19(23)22(13-15-6-8-17(26-4)9-7-15)18-12-16(10-11-21-18)14-27-29(5,24)25/h6-12H,13-14H2,1-5H3. The smallest absolute Gasteiger partial charge is 0.416 e. The van der Waals surface area contributed by atoms with Crippen molar-refractivity contribution in [2.75, 3.05) is 18.3 Å². The second kappa shape index (κ2) is 9.23. The van der Waals surface area contributed by atoms with E-state index in [1.54, 1.807) is 52.1 Å². The van der Waals surface area contributed by atoms with Crippen molar-refractivity contribution in [1.82, 2.24) is 4.98 Å². The zero-order chi connectivity index (χ0) is 21.7. The summed E-state index contributed by atoms with van der Waals surface area (Å²) in [5.41, 5.74) is 0.715. The summed E-state index contributed by atoms with van der Waals surface area (Å²) in [7, 11) is -2.01. The van der Waals surface area contributed by atoms with Crippen LogP contribution in [0.1, 0.15) is 31.9 Å². The molecule has 0 saturated carbocycles. The molecule has 2 aromatic rings. The summed E-state index contributed by atoms with van der Waals surface area (Å²) in [6.07, 6.45) is 1.90. The minimum absolute atomic E-state index is 0.154. The fourth-order valence-electron chi connectivity index (χ4n) is 2.34. The molecule has 0 saturated heterocycles. The zero-order valence-electron chi connectivity index (χ0n) is 17.2. The van der Waals surface area contributed by atoms with Crippen molar-refractivity contribution in [2.24, 2.45) is 0 Å². The number of ether oxygens (including phenoxy) is 2. The Morgan fingerprint density at radius 2 is 1.76 bits per heavy atom. The molecule has 0 radical (unpaired) electrons. The summed E-state index contributed by atoms with van der Waals surface area (Å²) in [5, 5.41) is 0. The second-order valence-corrected chi connectivity index (χ2v) is 9.05. The average Bonchev–Trinajstić information content (AvgIpc) is 2.63. The predicted octanol–water partition coefficient (Wildman–Crippen LogP) is 3.51. The van der Waals surface area contributed by atoms with E-state index in [0.717, 1.165) is 11.8 Å². The van der Waals surface area contributed by atoms with Gasteiger partial charge in [-0.3, -0.25) is 9.08 Å². The summed E-state index contributed by atoms with van der Waals surface area (Å²) in [6.45, 7) is 5.39. The summed E-state index contributed by atoms with van der Waals surface area (Å²) in [4.78, 5) is 18.5. The van der Waals surface area contributed by atoms with Gasteiger partial charge in [-0.15, -0.1) is 0 Å². The van der Waals surface area contributed by atoms with E-state index in [1.807, 2.05) is 12.1 Å². The first-order chi connectivity index (χ1) is 13.5. The number of aromatic nitrogens is 1. The first-order valence-electron chi connectivity index (χ1n) is 8.89. The molecule has 0 bridgehead atoms. The van der Waals surface area contributed by atoms with E-state index in [4.69, 9.17) is 13.7 Å². The van der Waals surface area contributed by atoms with Gasteiger partial charge in [-0.1, -0.05) is 12.1 Å². The largest absolute Gasteiger partial charge is 0.497 e. The number of carbonyl (C=O) groups excluding carboxylic acids is 1. The van der Waals surface area contributed by atoms with E-state index in [9.17, 15) is 13.2 Å². The molecule has 0 aliphatic carbocycles. The molecule has 0 unspecified atom stereocenters. The highest BCUT2D eigenvalue weighted by atomic mass is 32.2. The molecule has 0 fully saturated rings. The molecule has 0 N–H and O–H groups in total. The van der Waals surface area contributed by atoms with Gasteiger partial charge in [0.2, 0.25) is 0 Å². The number of amides is 1. The van der Waals surface area contributed by atoms with Gasteiger partial charge in [0.15, 0.2) is 0 Å². The average molecular weight is 423 g/mol. The maximum Gasteiger partial charge on any atom is 0.416 e. The maximum absolute atomic E-state index is 12.8. The highest BCUT2D eigenvalue weighted by Crippen LogP contribution is 2.22. The van der Waals surface area contributed by atoms with Crippen LogP contribution in [0, 0.1) is 0 Å².